The smallest absolute Gasteiger partial charge is 0.255 e. The van der Waals surface area contributed by atoms with Gasteiger partial charge in [-0.25, -0.2) is 4.98 Å². The summed E-state index contributed by atoms with van der Waals surface area (Å²) in [5.74, 6) is 0.917. The number of rotatable bonds is 2. The van der Waals surface area contributed by atoms with Gasteiger partial charge in [0.1, 0.15) is 5.82 Å². The standard InChI is InChI=1S/C19H29N3O3/c1-13-9-21(10-14(2)24-13)17-7-6-16(8-20-17)18(23)22-11-15(3)25-19(4,5)12-22/h6-8,13-15H,9-12H2,1-5H3/t13-,14-,15+/m1/s1. The van der Waals surface area contributed by atoms with E-state index < -0.39 is 0 Å². The largest absolute Gasteiger partial charge is 0.372 e. The Hall–Kier alpha value is -1.66. The fourth-order valence-corrected chi connectivity index (χ4v) is 3.86. The SMILES string of the molecule is C[C@@H]1CN(c2ccc(C(=O)N3C[C@H](C)OC(C)(C)C3)cn2)C[C@@H](C)O1. The van der Waals surface area contributed by atoms with Crippen LogP contribution in [-0.4, -0.2) is 65.9 Å². The summed E-state index contributed by atoms with van der Waals surface area (Å²) in [4.78, 5) is 21.4. The molecule has 1 amide bonds. The molecule has 0 unspecified atom stereocenters. The number of amides is 1. The third-order valence-corrected chi connectivity index (χ3v) is 4.59. The zero-order valence-electron chi connectivity index (χ0n) is 15.9. The molecule has 6 heteroatoms. The molecule has 0 saturated carbocycles. The fourth-order valence-electron chi connectivity index (χ4n) is 3.86. The van der Waals surface area contributed by atoms with E-state index in [1.165, 1.54) is 0 Å². The number of carbonyl (C=O) groups is 1. The van der Waals surface area contributed by atoms with Crippen LogP contribution < -0.4 is 4.90 Å². The number of ether oxygens (including phenoxy) is 2. The molecule has 3 atom stereocenters. The molecule has 3 rings (SSSR count). The number of aromatic nitrogens is 1. The van der Waals surface area contributed by atoms with E-state index in [0.717, 1.165) is 18.9 Å². The third kappa shape index (κ3) is 4.30. The molecule has 0 aromatic carbocycles. The minimum Gasteiger partial charge on any atom is -0.372 e. The molecule has 2 aliphatic heterocycles. The normalized spacial score (nSPS) is 29.6. The van der Waals surface area contributed by atoms with Gasteiger partial charge < -0.3 is 19.3 Å². The summed E-state index contributed by atoms with van der Waals surface area (Å²) in [6, 6.07) is 3.82. The van der Waals surface area contributed by atoms with Crippen LogP contribution in [0, 0.1) is 0 Å². The lowest BCUT2D eigenvalue weighted by Gasteiger charge is -2.41. The first-order chi connectivity index (χ1) is 11.7. The second-order valence-electron chi connectivity index (χ2n) is 7.94. The number of morpholine rings is 2. The van der Waals surface area contributed by atoms with E-state index in [0.29, 0.717) is 18.7 Å². The molecule has 0 aliphatic carbocycles. The van der Waals surface area contributed by atoms with E-state index in [9.17, 15) is 4.79 Å². The van der Waals surface area contributed by atoms with Crippen molar-refractivity contribution in [1.29, 1.82) is 0 Å². The van der Waals surface area contributed by atoms with Crippen LogP contribution in [0.2, 0.25) is 0 Å². The molecule has 2 aliphatic rings. The lowest BCUT2D eigenvalue weighted by atomic mass is 10.0. The van der Waals surface area contributed by atoms with Crippen LogP contribution in [0.25, 0.3) is 0 Å². The van der Waals surface area contributed by atoms with Gasteiger partial charge in [0.15, 0.2) is 0 Å². The van der Waals surface area contributed by atoms with Crippen LogP contribution in [-0.2, 0) is 9.47 Å². The Morgan fingerprint density at radius 3 is 2.36 bits per heavy atom. The second kappa shape index (κ2) is 6.92. The van der Waals surface area contributed by atoms with E-state index in [1.807, 2.05) is 37.8 Å². The molecule has 2 saturated heterocycles. The van der Waals surface area contributed by atoms with Crippen molar-refractivity contribution in [2.45, 2.75) is 58.5 Å². The van der Waals surface area contributed by atoms with Gasteiger partial charge in [0.25, 0.3) is 5.91 Å². The molecule has 0 N–H and O–H groups in total. The molecular formula is C19H29N3O3. The number of hydrogen-bond acceptors (Lipinski definition) is 5. The Kier molecular flexibility index (Phi) is 5.02. The quantitative estimate of drug-likeness (QED) is 0.822. The summed E-state index contributed by atoms with van der Waals surface area (Å²) in [7, 11) is 0. The van der Waals surface area contributed by atoms with Gasteiger partial charge in [0.05, 0.1) is 29.5 Å². The average Bonchev–Trinajstić information content (AvgIpc) is 2.51. The van der Waals surface area contributed by atoms with E-state index in [2.05, 4.69) is 23.7 Å². The van der Waals surface area contributed by atoms with Crippen LogP contribution in [0.1, 0.15) is 45.0 Å². The van der Waals surface area contributed by atoms with Gasteiger partial charge in [-0.3, -0.25) is 4.79 Å². The van der Waals surface area contributed by atoms with Crippen molar-refractivity contribution in [3.8, 4) is 0 Å². The summed E-state index contributed by atoms with van der Waals surface area (Å²) in [6.07, 6.45) is 2.10. The van der Waals surface area contributed by atoms with Gasteiger partial charge in [-0.05, 0) is 46.8 Å². The van der Waals surface area contributed by atoms with Crippen molar-refractivity contribution in [2.75, 3.05) is 31.1 Å². The molecule has 0 radical (unpaired) electrons. The highest BCUT2D eigenvalue weighted by Gasteiger charge is 2.34. The highest BCUT2D eigenvalue weighted by Crippen LogP contribution is 2.23. The summed E-state index contributed by atoms with van der Waals surface area (Å²) in [5.41, 5.74) is 0.309. The highest BCUT2D eigenvalue weighted by molar-refractivity contribution is 5.94. The Morgan fingerprint density at radius 1 is 1.12 bits per heavy atom. The Bertz CT molecular complexity index is 607. The van der Waals surface area contributed by atoms with Crippen LogP contribution >= 0.6 is 0 Å². The average molecular weight is 347 g/mol. The first-order valence-corrected chi connectivity index (χ1v) is 9.07. The number of pyridine rings is 1. The Labute approximate surface area is 150 Å². The van der Waals surface area contributed by atoms with E-state index in [4.69, 9.17) is 9.47 Å². The van der Waals surface area contributed by atoms with Crippen LogP contribution in [0.4, 0.5) is 5.82 Å². The van der Waals surface area contributed by atoms with E-state index in [1.54, 1.807) is 6.20 Å². The van der Waals surface area contributed by atoms with Crippen molar-refractivity contribution in [3.63, 3.8) is 0 Å². The minimum absolute atomic E-state index is 0.0194. The summed E-state index contributed by atoms with van der Waals surface area (Å²) < 4.78 is 11.6. The predicted octanol–water partition coefficient (Wildman–Crippen LogP) is 2.33. The van der Waals surface area contributed by atoms with Crippen molar-refractivity contribution in [1.82, 2.24) is 9.88 Å². The summed E-state index contributed by atoms with van der Waals surface area (Å²) in [5, 5.41) is 0. The zero-order chi connectivity index (χ0) is 18.2. The predicted molar refractivity (Wildman–Crippen MR) is 97.0 cm³/mol. The van der Waals surface area contributed by atoms with Crippen LogP contribution in [0.5, 0.6) is 0 Å². The number of hydrogen-bond donors (Lipinski definition) is 0. The van der Waals surface area contributed by atoms with E-state index >= 15 is 0 Å². The lowest BCUT2D eigenvalue weighted by Crippen LogP contribution is -2.53. The van der Waals surface area contributed by atoms with Gasteiger partial charge in [0, 0.05) is 32.4 Å². The topological polar surface area (TPSA) is 54.9 Å². The molecule has 0 spiro atoms. The fraction of sp³-hybridized carbons (Fsp3) is 0.684. The minimum atomic E-state index is -0.319. The summed E-state index contributed by atoms with van der Waals surface area (Å²) >= 11 is 0. The van der Waals surface area contributed by atoms with Gasteiger partial charge in [0.2, 0.25) is 0 Å². The number of anilines is 1. The third-order valence-electron chi connectivity index (χ3n) is 4.59. The molecule has 6 nitrogen and oxygen atoms in total. The Balaban J connectivity index is 1.70. The maximum Gasteiger partial charge on any atom is 0.255 e. The second-order valence-corrected chi connectivity index (χ2v) is 7.94. The van der Waals surface area contributed by atoms with Crippen molar-refractivity contribution in [3.05, 3.63) is 23.9 Å². The van der Waals surface area contributed by atoms with Crippen LogP contribution in [0.3, 0.4) is 0 Å². The molecule has 2 fully saturated rings. The number of nitrogens with zero attached hydrogens (tertiary/aromatic N) is 3. The number of carbonyl (C=O) groups excluding carboxylic acids is 1. The van der Waals surface area contributed by atoms with Crippen LogP contribution in [0.15, 0.2) is 18.3 Å². The first kappa shape index (κ1) is 18.1. The first-order valence-electron chi connectivity index (χ1n) is 9.07. The maximum absolute atomic E-state index is 12.8. The van der Waals surface area contributed by atoms with Crippen molar-refractivity contribution in [2.24, 2.45) is 0 Å². The summed E-state index contributed by atoms with van der Waals surface area (Å²) in [6.45, 7) is 13.0. The molecule has 138 valence electrons. The van der Waals surface area contributed by atoms with Gasteiger partial charge in [-0.15, -0.1) is 0 Å². The van der Waals surface area contributed by atoms with Gasteiger partial charge in [-0.2, -0.15) is 0 Å². The zero-order valence-corrected chi connectivity index (χ0v) is 15.9. The van der Waals surface area contributed by atoms with Gasteiger partial charge >= 0.3 is 0 Å². The molecule has 3 heterocycles. The molecule has 1 aromatic rings. The lowest BCUT2D eigenvalue weighted by molar-refractivity contribution is -0.118. The van der Waals surface area contributed by atoms with Crippen molar-refractivity contribution < 1.29 is 14.3 Å². The van der Waals surface area contributed by atoms with Gasteiger partial charge in [-0.1, -0.05) is 0 Å². The molecule has 1 aromatic heterocycles. The molecule has 0 bridgehead atoms. The molecular weight excluding hydrogens is 318 g/mol. The highest BCUT2D eigenvalue weighted by atomic mass is 16.5. The van der Waals surface area contributed by atoms with E-state index in [-0.39, 0.29) is 29.8 Å². The molecule has 25 heavy (non-hydrogen) atoms. The van der Waals surface area contributed by atoms with Crippen molar-refractivity contribution >= 4 is 11.7 Å². The maximum atomic E-state index is 12.8. The Morgan fingerprint density at radius 2 is 1.80 bits per heavy atom. The monoisotopic (exact) mass is 347 g/mol.